The van der Waals surface area contributed by atoms with E-state index in [2.05, 4.69) is 53.1 Å². The van der Waals surface area contributed by atoms with Gasteiger partial charge in [0, 0.05) is 29.2 Å². The third-order valence-electron chi connectivity index (χ3n) is 5.50. The Bertz CT molecular complexity index is 1430. The molecule has 4 rings (SSSR count). The molecule has 1 unspecified atom stereocenters. The van der Waals surface area contributed by atoms with Gasteiger partial charge < -0.3 is 9.99 Å². The SMILES string of the molecule is CC(C)c1cn(-c2ccc(NNS(=O)O)cc2)c2cc(-c3ccc(S(C)(=O)=O)cc3)ccc12. The molecule has 1 heterocycles. The van der Waals surface area contributed by atoms with Crippen molar-refractivity contribution in [2.45, 2.75) is 24.7 Å². The van der Waals surface area contributed by atoms with Crippen LogP contribution in [0.5, 0.6) is 0 Å². The summed E-state index contributed by atoms with van der Waals surface area (Å²) in [6.07, 6.45) is 3.34. The van der Waals surface area contributed by atoms with Gasteiger partial charge in [-0.3, -0.25) is 4.55 Å². The number of benzene rings is 3. The molecule has 0 radical (unpaired) electrons. The molecule has 4 aromatic rings. The Hall–Kier alpha value is -2.98. The van der Waals surface area contributed by atoms with Crippen molar-refractivity contribution in [3.63, 3.8) is 0 Å². The predicted molar refractivity (Wildman–Crippen MR) is 133 cm³/mol. The van der Waals surface area contributed by atoms with Crippen molar-refractivity contribution in [2.75, 3.05) is 11.7 Å². The van der Waals surface area contributed by atoms with Gasteiger partial charge in [-0.15, -0.1) is 4.83 Å². The Kier molecular flexibility index (Phi) is 6.40. The van der Waals surface area contributed by atoms with Gasteiger partial charge in [0.05, 0.1) is 10.4 Å². The van der Waals surface area contributed by atoms with Crippen LogP contribution in [0, 0.1) is 0 Å². The van der Waals surface area contributed by atoms with Crippen LogP contribution >= 0.6 is 0 Å². The van der Waals surface area contributed by atoms with Crippen LogP contribution in [0.1, 0.15) is 25.3 Å². The summed E-state index contributed by atoms with van der Waals surface area (Å²) in [6.45, 7) is 4.31. The van der Waals surface area contributed by atoms with Crippen LogP contribution in [-0.2, 0) is 21.1 Å². The summed E-state index contributed by atoms with van der Waals surface area (Å²) in [5.74, 6) is 0.332. The molecule has 0 saturated heterocycles. The molecular weight excluding hydrogens is 458 g/mol. The van der Waals surface area contributed by atoms with Crippen molar-refractivity contribution in [2.24, 2.45) is 0 Å². The van der Waals surface area contributed by atoms with Gasteiger partial charge in [0.2, 0.25) is 11.3 Å². The minimum Gasteiger partial charge on any atom is -0.316 e. The lowest BCUT2D eigenvalue weighted by molar-refractivity contribution is 0.555. The fraction of sp³-hybridized carbons (Fsp3) is 0.167. The molecule has 1 atom stereocenters. The molecule has 0 fully saturated rings. The molecule has 0 spiro atoms. The average Bonchev–Trinajstić information content (AvgIpc) is 3.17. The topological polar surface area (TPSA) is 100 Å². The summed E-state index contributed by atoms with van der Waals surface area (Å²) < 4.78 is 45.3. The van der Waals surface area contributed by atoms with E-state index < -0.39 is 21.1 Å². The lowest BCUT2D eigenvalue weighted by Gasteiger charge is -2.10. The van der Waals surface area contributed by atoms with Crippen molar-refractivity contribution in [1.29, 1.82) is 0 Å². The van der Waals surface area contributed by atoms with Crippen LogP contribution in [0.2, 0.25) is 0 Å². The first kappa shape index (κ1) is 23.2. The molecular formula is C24H25N3O4S2. The number of sulfone groups is 1. The van der Waals surface area contributed by atoms with Crippen molar-refractivity contribution in [3.05, 3.63) is 78.5 Å². The maximum absolute atomic E-state index is 11.8. The fourth-order valence-electron chi connectivity index (χ4n) is 3.81. The van der Waals surface area contributed by atoms with E-state index in [4.69, 9.17) is 4.55 Å². The Labute approximate surface area is 195 Å². The Morgan fingerprint density at radius 3 is 2.15 bits per heavy atom. The normalized spacial score (nSPS) is 12.9. The van der Waals surface area contributed by atoms with E-state index in [1.165, 1.54) is 11.8 Å². The van der Waals surface area contributed by atoms with Gasteiger partial charge in [0.1, 0.15) is 0 Å². The molecule has 1 aromatic heterocycles. The second-order valence-electron chi connectivity index (χ2n) is 8.16. The van der Waals surface area contributed by atoms with Crippen LogP contribution in [0.3, 0.4) is 0 Å². The highest BCUT2D eigenvalue weighted by Gasteiger charge is 2.14. The Balaban J connectivity index is 1.77. The Morgan fingerprint density at radius 1 is 0.939 bits per heavy atom. The molecule has 7 nitrogen and oxygen atoms in total. The highest BCUT2D eigenvalue weighted by Crippen LogP contribution is 2.33. The highest BCUT2D eigenvalue weighted by atomic mass is 32.2. The molecule has 0 bridgehead atoms. The zero-order valence-electron chi connectivity index (χ0n) is 18.4. The molecule has 3 aromatic carbocycles. The number of hydrogen-bond donors (Lipinski definition) is 3. The number of nitrogens with zero attached hydrogens (tertiary/aromatic N) is 1. The van der Waals surface area contributed by atoms with Crippen LogP contribution in [0.4, 0.5) is 5.69 Å². The fourth-order valence-corrected chi connectivity index (χ4v) is 4.64. The zero-order chi connectivity index (χ0) is 23.8. The number of aromatic nitrogens is 1. The molecule has 0 aliphatic heterocycles. The van der Waals surface area contributed by atoms with E-state index in [-0.39, 0.29) is 0 Å². The quantitative estimate of drug-likeness (QED) is 0.257. The predicted octanol–water partition coefficient (Wildman–Crippen LogP) is 4.88. The van der Waals surface area contributed by atoms with Crippen molar-refractivity contribution >= 4 is 37.7 Å². The van der Waals surface area contributed by atoms with Crippen molar-refractivity contribution in [1.82, 2.24) is 9.40 Å². The molecule has 0 saturated carbocycles. The lowest BCUT2D eigenvalue weighted by Crippen LogP contribution is -2.23. The van der Waals surface area contributed by atoms with E-state index in [1.54, 1.807) is 12.1 Å². The summed E-state index contributed by atoms with van der Waals surface area (Å²) in [5.41, 5.74) is 8.48. The van der Waals surface area contributed by atoms with Crippen molar-refractivity contribution < 1.29 is 17.2 Å². The molecule has 33 heavy (non-hydrogen) atoms. The maximum atomic E-state index is 11.8. The van der Waals surface area contributed by atoms with Gasteiger partial charge in [-0.1, -0.05) is 38.1 Å². The van der Waals surface area contributed by atoms with Gasteiger partial charge in [0.15, 0.2) is 9.84 Å². The van der Waals surface area contributed by atoms with E-state index >= 15 is 0 Å². The summed E-state index contributed by atoms with van der Waals surface area (Å²) in [7, 11) is -3.24. The van der Waals surface area contributed by atoms with Crippen LogP contribution in [0.15, 0.2) is 77.8 Å². The van der Waals surface area contributed by atoms with Gasteiger partial charge >= 0.3 is 0 Å². The van der Waals surface area contributed by atoms with Crippen LogP contribution in [-0.4, -0.2) is 28.0 Å². The smallest absolute Gasteiger partial charge is 0.250 e. The Morgan fingerprint density at radius 2 is 1.58 bits per heavy atom. The maximum Gasteiger partial charge on any atom is 0.250 e. The van der Waals surface area contributed by atoms with Crippen molar-refractivity contribution in [3.8, 4) is 16.8 Å². The minimum absolute atomic E-state index is 0.297. The average molecular weight is 484 g/mol. The standard InChI is InChI=1S/C24H25N3O4S2/c1-16(2)23-15-27(20-9-7-19(8-10-20)25-26-32(28)29)24-14-18(6-13-22(23)24)17-4-11-21(12-5-17)33(3,30)31/h4-16,25-26H,1-3H3,(H,28,29). The first-order valence-electron chi connectivity index (χ1n) is 10.3. The minimum atomic E-state index is -3.24. The zero-order valence-corrected chi connectivity index (χ0v) is 20.1. The summed E-state index contributed by atoms with van der Waals surface area (Å²) in [6, 6.07) is 20.7. The number of rotatable bonds is 7. The third kappa shape index (κ3) is 5.01. The van der Waals surface area contributed by atoms with E-state index in [9.17, 15) is 12.6 Å². The number of hydrogen-bond acceptors (Lipinski definition) is 4. The number of nitrogens with one attached hydrogen (secondary N) is 2. The molecule has 9 heteroatoms. The number of hydrazine groups is 1. The van der Waals surface area contributed by atoms with Gasteiger partial charge in [-0.25, -0.2) is 12.6 Å². The lowest BCUT2D eigenvalue weighted by atomic mass is 9.99. The first-order valence-corrected chi connectivity index (χ1v) is 13.3. The highest BCUT2D eigenvalue weighted by molar-refractivity contribution is 7.90. The molecule has 0 amide bonds. The number of fused-ring (bicyclic) bond motifs is 1. The second kappa shape index (κ2) is 9.11. The molecule has 0 aliphatic carbocycles. The second-order valence-corrected chi connectivity index (χ2v) is 10.9. The molecule has 0 aliphatic rings. The first-order chi connectivity index (χ1) is 15.6. The van der Waals surface area contributed by atoms with E-state index in [0.717, 1.165) is 27.7 Å². The van der Waals surface area contributed by atoms with Gasteiger partial charge in [0.25, 0.3) is 0 Å². The van der Waals surface area contributed by atoms with Gasteiger partial charge in [-0.05, 0) is 65.1 Å². The van der Waals surface area contributed by atoms with Crippen LogP contribution < -0.4 is 10.3 Å². The summed E-state index contributed by atoms with van der Waals surface area (Å²) in [5, 5.41) is 1.15. The van der Waals surface area contributed by atoms with Gasteiger partial charge in [-0.2, -0.15) is 0 Å². The van der Waals surface area contributed by atoms with E-state index in [1.807, 2.05) is 36.4 Å². The monoisotopic (exact) mass is 483 g/mol. The molecule has 3 N–H and O–H groups in total. The van der Waals surface area contributed by atoms with E-state index in [0.29, 0.717) is 16.5 Å². The third-order valence-corrected chi connectivity index (χ3v) is 6.91. The summed E-state index contributed by atoms with van der Waals surface area (Å²) in [4.78, 5) is 2.54. The largest absolute Gasteiger partial charge is 0.316 e. The number of anilines is 1. The molecule has 172 valence electrons. The summed E-state index contributed by atoms with van der Waals surface area (Å²) >= 11 is -2.16. The van der Waals surface area contributed by atoms with Crippen LogP contribution in [0.25, 0.3) is 27.7 Å².